The second-order valence-electron chi connectivity index (χ2n) is 6.28. The summed E-state index contributed by atoms with van der Waals surface area (Å²) in [5.41, 5.74) is 3.57. The lowest BCUT2D eigenvalue weighted by Crippen LogP contribution is -2.01. The minimum atomic E-state index is -0.909. The van der Waals surface area contributed by atoms with E-state index in [-0.39, 0.29) is 13.0 Å². The molecule has 0 aliphatic carbocycles. The van der Waals surface area contributed by atoms with E-state index in [1.807, 2.05) is 54.6 Å². The predicted molar refractivity (Wildman–Crippen MR) is 118 cm³/mol. The summed E-state index contributed by atoms with van der Waals surface area (Å²) in [6.07, 6.45) is 1.87. The number of carboxylic acids is 1. The second-order valence-corrected chi connectivity index (χ2v) is 7.56. The highest BCUT2D eigenvalue weighted by atomic mass is 35.5. The quantitative estimate of drug-likeness (QED) is 0.434. The van der Waals surface area contributed by atoms with Gasteiger partial charge in [-0.3, -0.25) is 4.79 Å². The van der Waals surface area contributed by atoms with Gasteiger partial charge in [-0.25, -0.2) is 0 Å². The van der Waals surface area contributed by atoms with E-state index in [4.69, 9.17) is 44.6 Å². The minimum absolute atomic E-state index is 0.0861. The number of halogens is 3. The lowest BCUT2D eigenvalue weighted by atomic mass is 9.98. The number of hydrogen-bond donors (Lipinski definition) is 1. The third-order valence-electron chi connectivity index (χ3n) is 4.19. The Kier molecular flexibility index (Phi) is 7.21. The molecule has 0 saturated carbocycles. The SMILES string of the molecule is O=C(O)Cc1ccc(OCC=C(c2ccc(Cl)cc2)c2ccc(Cl)cc2)c(Cl)c1. The first-order valence-corrected chi connectivity index (χ1v) is 9.91. The average molecular weight is 448 g/mol. The third kappa shape index (κ3) is 6.01. The van der Waals surface area contributed by atoms with E-state index in [9.17, 15) is 4.79 Å². The monoisotopic (exact) mass is 446 g/mol. The Morgan fingerprint density at radius 3 is 1.90 bits per heavy atom. The first-order chi connectivity index (χ1) is 13.9. The first-order valence-electron chi connectivity index (χ1n) is 8.77. The molecule has 0 aliphatic rings. The highest BCUT2D eigenvalue weighted by molar-refractivity contribution is 6.32. The standard InChI is InChI=1S/C23H17Cl3O3/c24-18-6-2-16(3-7-18)20(17-4-8-19(25)9-5-17)11-12-29-22-10-1-15(13-21(22)26)14-23(27)28/h1-11,13H,12,14H2,(H,27,28). The zero-order chi connectivity index (χ0) is 20.8. The lowest BCUT2D eigenvalue weighted by Gasteiger charge is -2.11. The number of hydrogen-bond acceptors (Lipinski definition) is 2. The Bertz CT molecular complexity index is 979. The molecule has 0 radical (unpaired) electrons. The van der Waals surface area contributed by atoms with Crippen LogP contribution in [0.5, 0.6) is 5.75 Å². The van der Waals surface area contributed by atoms with Crippen molar-refractivity contribution in [1.82, 2.24) is 0 Å². The summed E-state index contributed by atoms with van der Waals surface area (Å²) < 4.78 is 5.81. The Labute approximate surface area is 184 Å². The fourth-order valence-corrected chi connectivity index (χ4v) is 3.33. The fourth-order valence-electron chi connectivity index (χ4n) is 2.82. The Balaban J connectivity index is 1.82. The van der Waals surface area contributed by atoms with Gasteiger partial charge < -0.3 is 9.84 Å². The molecular weight excluding hydrogens is 431 g/mol. The van der Waals surface area contributed by atoms with Gasteiger partial charge in [-0.2, -0.15) is 0 Å². The van der Waals surface area contributed by atoms with E-state index in [2.05, 4.69) is 0 Å². The zero-order valence-electron chi connectivity index (χ0n) is 15.2. The summed E-state index contributed by atoms with van der Waals surface area (Å²) in [7, 11) is 0. The summed E-state index contributed by atoms with van der Waals surface area (Å²) in [6.45, 7) is 0.276. The summed E-state index contributed by atoms with van der Waals surface area (Å²) in [5.74, 6) is -0.420. The number of aliphatic carboxylic acids is 1. The van der Waals surface area contributed by atoms with Gasteiger partial charge >= 0.3 is 5.97 Å². The van der Waals surface area contributed by atoms with Crippen LogP contribution in [0.1, 0.15) is 16.7 Å². The molecular formula is C23H17Cl3O3. The van der Waals surface area contributed by atoms with Crippen molar-refractivity contribution < 1.29 is 14.6 Å². The van der Waals surface area contributed by atoms with Gasteiger partial charge in [0.1, 0.15) is 12.4 Å². The van der Waals surface area contributed by atoms with Gasteiger partial charge in [0.2, 0.25) is 0 Å². The van der Waals surface area contributed by atoms with Crippen LogP contribution in [-0.4, -0.2) is 17.7 Å². The van der Waals surface area contributed by atoms with Crippen LogP contribution in [0.25, 0.3) is 5.57 Å². The molecule has 0 saturated heterocycles. The Morgan fingerprint density at radius 2 is 1.41 bits per heavy atom. The Morgan fingerprint density at radius 1 is 0.862 bits per heavy atom. The second kappa shape index (κ2) is 9.84. The van der Waals surface area contributed by atoms with Crippen LogP contribution in [-0.2, 0) is 11.2 Å². The fraction of sp³-hybridized carbons (Fsp3) is 0.0870. The van der Waals surface area contributed by atoms with Crippen LogP contribution < -0.4 is 4.74 Å². The van der Waals surface area contributed by atoms with Crippen molar-refractivity contribution >= 4 is 46.3 Å². The van der Waals surface area contributed by atoms with Crippen LogP contribution in [0.4, 0.5) is 0 Å². The highest BCUT2D eigenvalue weighted by Gasteiger charge is 2.08. The molecule has 1 N–H and O–H groups in total. The minimum Gasteiger partial charge on any atom is -0.488 e. The van der Waals surface area contributed by atoms with Gasteiger partial charge in [0, 0.05) is 10.0 Å². The van der Waals surface area contributed by atoms with Crippen LogP contribution >= 0.6 is 34.8 Å². The molecule has 0 heterocycles. The van der Waals surface area contributed by atoms with Crippen molar-refractivity contribution in [2.75, 3.05) is 6.61 Å². The Hall–Kier alpha value is -2.46. The van der Waals surface area contributed by atoms with Crippen molar-refractivity contribution in [1.29, 1.82) is 0 Å². The molecule has 0 unspecified atom stereocenters. The van der Waals surface area contributed by atoms with Gasteiger partial charge in [-0.1, -0.05) is 65.1 Å². The molecule has 0 bridgehead atoms. The molecule has 0 fully saturated rings. The number of carbonyl (C=O) groups is 1. The topological polar surface area (TPSA) is 46.5 Å². The van der Waals surface area contributed by atoms with E-state index < -0.39 is 5.97 Å². The van der Waals surface area contributed by atoms with E-state index in [1.54, 1.807) is 18.2 Å². The van der Waals surface area contributed by atoms with Crippen molar-refractivity contribution in [2.24, 2.45) is 0 Å². The zero-order valence-corrected chi connectivity index (χ0v) is 17.5. The molecule has 3 nitrogen and oxygen atoms in total. The van der Waals surface area contributed by atoms with Crippen molar-refractivity contribution in [3.05, 3.63) is 105 Å². The average Bonchev–Trinajstić information content (AvgIpc) is 2.68. The van der Waals surface area contributed by atoms with Crippen LogP contribution in [0.3, 0.4) is 0 Å². The van der Waals surface area contributed by atoms with E-state index in [1.165, 1.54) is 0 Å². The van der Waals surface area contributed by atoms with Gasteiger partial charge in [-0.05, 0) is 64.7 Å². The number of ether oxygens (including phenoxy) is 1. The molecule has 0 atom stereocenters. The van der Waals surface area contributed by atoms with Crippen LogP contribution in [0, 0.1) is 0 Å². The molecule has 6 heteroatoms. The van der Waals surface area contributed by atoms with Gasteiger partial charge in [0.05, 0.1) is 11.4 Å². The maximum Gasteiger partial charge on any atom is 0.307 e. The third-order valence-corrected chi connectivity index (χ3v) is 4.99. The van der Waals surface area contributed by atoms with Gasteiger partial charge in [0.25, 0.3) is 0 Å². The molecule has 148 valence electrons. The highest BCUT2D eigenvalue weighted by Crippen LogP contribution is 2.28. The maximum atomic E-state index is 10.8. The normalized spacial score (nSPS) is 10.4. The van der Waals surface area contributed by atoms with Crippen LogP contribution in [0.2, 0.25) is 15.1 Å². The summed E-state index contributed by atoms with van der Waals surface area (Å²) in [4.78, 5) is 10.8. The van der Waals surface area contributed by atoms with Crippen molar-refractivity contribution in [3.8, 4) is 5.75 Å². The molecule has 0 aliphatic heterocycles. The van der Waals surface area contributed by atoms with E-state index >= 15 is 0 Å². The summed E-state index contributed by atoms with van der Waals surface area (Å²) in [6, 6.07) is 20.1. The maximum absolute atomic E-state index is 10.8. The predicted octanol–water partition coefficient (Wildman–Crippen LogP) is 6.78. The van der Waals surface area contributed by atoms with Gasteiger partial charge in [-0.15, -0.1) is 0 Å². The number of carboxylic acid groups (broad SMARTS) is 1. The number of rotatable bonds is 7. The summed E-state index contributed by atoms with van der Waals surface area (Å²) in [5, 5.41) is 10.6. The van der Waals surface area contributed by atoms with E-state index in [0.29, 0.717) is 26.4 Å². The smallest absolute Gasteiger partial charge is 0.307 e. The molecule has 3 rings (SSSR count). The first kappa shape index (κ1) is 21.3. The molecule has 0 spiro atoms. The van der Waals surface area contributed by atoms with Gasteiger partial charge in [0.15, 0.2) is 0 Å². The van der Waals surface area contributed by atoms with E-state index in [0.717, 1.165) is 16.7 Å². The molecule has 0 amide bonds. The molecule has 29 heavy (non-hydrogen) atoms. The van der Waals surface area contributed by atoms with Crippen LogP contribution in [0.15, 0.2) is 72.8 Å². The largest absolute Gasteiger partial charge is 0.488 e. The molecule has 0 aromatic heterocycles. The lowest BCUT2D eigenvalue weighted by molar-refractivity contribution is -0.136. The number of benzene rings is 3. The van der Waals surface area contributed by atoms with Crippen molar-refractivity contribution in [2.45, 2.75) is 6.42 Å². The summed E-state index contributed by atoms with van der Waals surface area (Å²) >= 11 is 18.3. The molecule has 3 aromatic carbocycles. The molecule has 3 aromatic rings. The van der Waals surface area contributed by atoms with Crippen molar-refractivity contribution in [3.63, 3.8) is 0 Å².